The van der Waals surface area contributed by atoms with Gasteiger partial charge in [-0.2, -0.15) is 0 Å². The van der Waals surface area contributed by atoms with E-state index in [4.69, 9.17) is 4.98 Å². The van der Waals surface area contributed by atoms with Crippen LogP contribution >= 0.6 is 15.9 Å². The normalized spacial score (nSPS) is 12.7. The smallest absolute Gasteiger partial charge is 0.213 e. The molecule has 0 amide bonds. The Morgan fingerprint density at radius 1 is 1.35 bits per heavy atom. The molecule has 0 saturated heterocycles. The van der Waals surface area contributed by atoms with Crippen LogP contribution in [0.4, 0.5) is 0 Å². The first-order valence-electron chi connectivity index (χ1n) is 6.76. The monoisotopic (exact) mass is 334 g/mol. The molecule has 0 radical (unpaired) electrons. The molecule has 0 unspecified atom stereocenters. The number of nitrogens with zero attached hydrogens (tertiary/aromatic N) is 2. The molecule has 2 aromatic heterocycles. The summed E-state index contributed by atoms with van der Waals surface area (Å²) in [5, 5.41) is 3.16. The van der Waals surface area contributed by atoms with Gasteiger partial charge in [-0.05, 0) is 40.0 Å². The molecule has 2 heterocycles. The number of hydrogen-bond acceptors (Lipinski definition) is 2. The summed E-state index contributed by atoms with van der Waals surface area (Å²) >= 11 is 3.68. The van der Waals surface area contributed by atoms with Crippen molar-refractivity contribution in [3.05, 3.63) is 34.1 Å². The van der Waals surface area contributed by atoms with Gasteiger partial charge in [0, 0.05) is 6.54 Å². The molecule has 0 aliphatic heterocycles. The molecule has 2 N–H and O–H groups in total. The SMILES string of the molecule is CNCc1[nH]c2nc3c(C(C)(C)C)cccc3n2c1Br. The van der Waals surface area contributed by atoms with E-state index in [9.17, 15) is 0 Å². The highest BCUT2D eigenvalue weighted by atomic mass is 79.9. The highest BCUT2D eigenvalue weighted by Gasteiger charge is 2.21. The molecule has 0 saturated carbocycles. The Morgan fingerprint density at radius 2 is 2.10 bits per heavy atom. The van der Waals surface area contributed by atoms with Crippen molar-refractivity contribution in [1.29, 1.82) is 0 Å². The Balaban J connectivity index is 2.34. The van der Waals surface area contributed by atoms with Crippen LogP contribution in [0.1, 0.15) is 32.0 Å². The fourth-order valence-electron chi connectivity index (χ4n) is 2.60. The number of imidazole rings is 2. The maximum Gasteiger partial charge on any atom is 0.213 e. The topological polar surface area (TPSA) is 45.1 Å². The van der Waals surface area contributed by atoms with Gasteiger partial charge in [0.25, 0.3) is 0 Å². The molecule has 5 heteroatoms. The molecule has 20 heavy (non-hydrogen) atoms. The van der Waals surface area contributed by atoms with Crippen molar-refractivity contribution in [3.63, 3.8) is 0 Å². The number of aromatic amines is 1. The Morgan fingerprint density at radius 3 is 2.75 bits per heavy atom. The van der Waals surface area contributed by atoms with Crippen LogP contribution in [-0.4, -0.2) is 21.4 Å². The third kappa shape index (κ3) is 1.96. The summed E-state index contributed by atoms with van der Waals surface area (Å²) in [4.78, 5) is 8.17. The highest BCUT2D eigenvalue weighted by Crippen LogP contribution is 2.32. The molecule has 0 aliphatic carbocycles. The minimum absolute atomic E-state index is 0.0825. The van der Waals surface area contributed by atoms with Crippen molar-refractivity contribution in [2.24, 2.45) is 0 Å². The van der Waals surface area contributed by atoms with Gasteiger partial charge in [-0.15, -0.1) is 0 Å². The Hall–Kier alpha value is -1.33. The number of H-pyrrole nitrogens is 1. The summed E-state index contributed by atoms with van der Waals surface area (Å²) in [6.45, 7) is 7.44. The van der Waals surface area contributed by atoms with E-state index in [0.29, 0.717) is 0 Å². The maximum atomic E-state index is 4.79. The quantitative estimate of drug-likeness (QED) is 0.752. The molecule has 0 fully saturated rings. The van der Waals surface area contributed by atoms with E-state index < -0.39 is 0 Å². The summed E-state index contributed by atoms with van der Waals surface area (Å²) < 4.78 is 3.17. The number of para-hydroxylation sites is 1. The van der Waals surface area contributed by atoms with Crippen LogP contribution in [0.3, 0.4) is 0 Å². The Labute approximate surface area is 126 Å². The first-order chi connectivity index (χ1) is 9.43. The highest BCUT2D eigenvalue weighted by molar-refractivity contribution is 9.10. The zero-order valence-electron chi connectivity index (χ0n) is 12.2. The third-order valence-corrected chi connectivity index (χ3v) is 4.39. The van der Waals surface area contributed by atoms with Crippen molar-refractivity contribution in [1.82, 2.24) is 19.7 Å². The van der Waals surface area contributed by atoms with Crippen LogP contribution in [0.2, 0.25) is 0 Å². The predicted octanol–water partition coefficient (Wildman–Crippen LogP) is 3.60. The average Bonchev–Trinajstić information content (AvgIpc) is 2.86. The lowest BCUT2D eigenvalue weighted by molar-refractivity contribution is 0.595. The zero-order valence-corrected chi connectivity index (χ0v) is 13.8. The van der Waals surface area contributed by atoms with Crippen molar-refractivity contribution in [2.75, 3.05) is 7.05 Å². The van der Waals surface area contributed by atoms with Crippen LogP contribution < -0.4 is 5.32 Å². The summed E-state index contributed by atoms with van der Waals surface area (Å²) in [6.07, 6.45) is 0. The van der Waals surface area contributed by atoms with Gasteiger partial charge >= 0.3 is 0 Å². The van der Waals surface area contributed by atoms with Crippen LogP contribution in [-0.2, 0) is 12.0 Å². The average molecular weight is 335 g/mol. The van der Waals surface area contributed by atoms with Crippen molar-refractivity contribution >= 4 is 32.7 Å². The van der Waals surface area contributed by atoms with Crippen LogP contribution in [0.25, 0.3) is 16.8 Å². The van der Waals surface area contributed by atoms with E-state index in [1.54, 1.807) is 0 Å². The van der Waals surface area contributed by atoms with Gasteiger partial charge in [-0.1, -0.05) is 32.9 Å². The van der Waals surface area contributed by atoms with E-state index in [-0.39, 0.29) is 5.41 Å². The molecular formula is C15H19BrN4. The second-order valence-electron chi connectivity index (χ2n) is 6.12. The van der Waals surface area contributed by atoms with E-state index in [1.807, 2.05) is 7.05 Å². The number of halogens is 1. The lowest BCUT2D eigenvalue weighted by atomic mass is 9.86. The number of fused-ring (bicyclic) bond motifs is 3. The van der Waals surface area contributed by atoms with E-state index in [2.05, 4.69) is 69.6 Å². The molecule has 4 nitrogen and oxygen atoms in total. The minimum Gasteiger partial charge on any atom is -0.325 e. The number of benzene rings is 1. The van der Waals surface area contributed by atoms with Gasteiger partial charge < -0.3 is 10.3 Å². The molecule has 3 rings (SSSR count). The fourth-order valence-corrected chi connectivity index (χ4v) is 3.20. The first-order valence-corrected chi connectivity index (χ1v) is 7.55. The molecule has 1 aromatic carbocycles. The van der Waals surface area contributed by atoms with Gasteiger partial charge in [-0.25, -0.2) is 4.98 Å². The van der Waals surface area contributed by atoms with E-state index in [0.717, 1.165) is 33.7 Å². The van der Waals surface area contributed by atoms with Gasteiger partial charge in [0.2, 0.25) is 5.78 Å². The zero-order chi connectivity index (χ0) is 14.5. The van der Waals surface area contributed by atoms with Crippen molar-refractivity contribution < 1.29 is 0 Å². The lowest BCUT2D eigenvalue weighted by Crippen LogP contribution is -2.11. The van der Waals surface area contributed by atoms with Gasteiger partial charge in [-0.3, -0.25) is 4.40 Å². The van der Waals surface area contributed by atoms with Crippen molar-refractivity contribution in [3.8, 4) is 0 Å². The van der Waals surface area contributed by atoms with Crippen molar-refractivity contribution in [2.45, 2.75) is 32.7 Å². The molecule has 0 spiro atoms. The summed E-state index contributed by atoms with van der Waals surface area (Å²) in [7, 11) is 1.94. The standard InChI is InChI=1S/C15H19BrN4/c1-15(2,3)9-6-5-7-11-12(9)19-14-18-10(8-17-4)13(16)20(11)14/h5-7,17H,8H2,1-4H3,(H,18,19). The maximum absolute atomic E-state index is 4.79. The molecule has 106 valence electrons. The number of hydrogen-bond donors (Lipinski definition) is 2. The minimum atomic E-state index is 0.0825. The van der Waals surface area contributed by atoms with E-state index >= 15 is 0 Å². The summed E-state index contributed by atoms with van der Waals surface area (Å²) in [5.74, 6) is 0.883. The third-order valence-electron chi connectivity index (χ3n) is 3.55. The first kappa shape index (κ1) is 13.6. The molecular weight excluding hydrogens is 316 g/mol. The summed E-state index contributed by atoms with van der Waals surface area (Å²) in [6, 6.07) is 6.39. The van der Waals surface area contributed by atoms with Crippen LogP contribution in [0, 0.1) is 0 Å². The van der Waals surface area contributed by atoms with Gasteiger partial charge in [0.15, 0.2) is 0 Å². The second-order valence-corrected chi connectivity index (χ2v) is 6.87. The molecule has 0 aliphatic rings. The number of aromatic nitrogens is 3. The molecule has 0 atom stereocenters. The summed E-state index contributed by atoms with van der Waals surface area (Å²) in [5.41, 5.74) is 4.67. The predicted molar refractivity (Wildman–Crippen MR) is 86.2 cm³/mol. The number of rotatable bonds is 2. The lowest BCUT2D eigenvalue weighted by Gasteiger charge is -2.19. The second kappa shape index (κ2) is 4.60. The van der Waals surface area contributed by atoms with Gasteiger partial charge in [0.1, 0.15) is 4.60 Å². The molecule has 3 aromatic rings. The van der Waals surface area contributed by atoms with E-state index in [1.165, 1.54) is 5.56 Å². The van der Waals surface area contributed by atoms with Gasteiger partial charge in [0.05, 0.1) is 16.7 Å². The molecule has 0 bridgehead atoms. The fraction of sp³-hybridized carbons (Fsp3) is 0.400. The largest absolute Gasteiger partial charge is 0.325 e. The van der Waals surface area contributed by atoms with Crippen LogP contribution in [0.5, 0.6) is 0 Å². The van der Waals surface area contributed by atoms with Crippen LogP contribution in [0.15, 0.2) is 22.8 Å². The Kier molecular flexibility index (Phi) is 3.14. The number of nitrogens with one attached hydrogen (secondary N) is 2. The Bertz CT molecular complexity index is 776.